The summed E-state index contributed by atoms with van der Waals surface area (Å²) in [5.41, 5.74) is 2.48. The number of halogens is 1. The number of amides is 2. The van der Waals surface area contributed by atoms with Crippen LogP contribution >= 0.6 is 0 Å². The molecule has 0 saturated carbocycles. The van der Waals surface area contributed by atoms with E-state index in [0.717, 1.165) is 10.9 Å². The number of benzene rings is 2. The van der Waals surface area contributed by atoms with Crippen molar-refractivity contribution in [1.82, 2.24) is 9.88 Å². The van der Waals surface area contributed by atoms with E-state index in [2.05, 4.69) is 10.3 Å². The molecule has 6 heteroatoms. The van der Waals surface area contributed by atoms with E-state index in [1.807, 2.05) is 24.3 Å². The van der Waals surface area contributed by atoms with Crippen LogP contribution in [0.25, 0.3) is 10.9 Å². The van der Waals surface area contributed by atoms with Gasteiger partial charge >= 0.3 is 0 Å². The number of aromatic nitrogens is 1. The molecular weight excluding hydrogens is 333 g/mol. The number of hydrogen-bond donors (Lipinski definition) is 2. The summed E-state index contributed by atoms with van der Waals surface area (Å²) in [6.07, 6.45) is 1.70. The molecule has 132 valence electrons. The minimum Gasteiger partial charge on any atom is -0.360 e. The Kier molecular flexibility index (Phi) is 3.95. The van der Waals surface area contributed by atoms with Gasteiger partial charge in [0, 0.05) is 35.9 Å². The van der Waals surface area contributed by atoms with Crippen molar-refractivity contribution in [3.63, 3.8) is 0 Å². The third-order valence-corrected chi connectivity index (χ3v) is 4.80. The molecule has 2 amide bonds. The second kappa shape index (κ2) is 6.29. The maximum Gasteiger partial charge on any atom is 0.256 e. The molecule has 1 fully saturated rings. The highest BCUT2D eigenvalue weighted by Gasteiger charge is 2.36. The Labute approximate surface area is 149 Å². The molecule has 1 aromatic heterocycles. The third-order valence-electron chi connectivity index (χ3n) is 4.80. The molecule has 0 aliphatic carbocycles. The summed E-state index contributed by atoms with van der Waals surface area (Å²) in [6, 6.07) is 12.2. The van der Waals surface area contributed by atoms with E-state index in [1.165, 1.54) is 6.07 Å². The Hall–Kier alpha value is -3.15. The highest BCUT2D eigenvalue weighted by molar-refractivity contribution is 6.07. The zero-order valence-corrected chi connectivity index (χ0v) is 14.3. The lowest BCUT2D eigenvalue weighted by molar-refractivity contribution is -0.123. The van der Waals surface area contributed by atoms with Crippen LogP contribution in [-0.2, 0) is 4.79 Å². The molecule has 0 bridgehead atoms. The minimum atomic E-state index is -0.354. The van der Waals surface area contributed by atoms with Crippen LogP contribution in [0.2, 0.25) is 0 Å². The minimum absolute atomic E-state index is 0.0899. The number of nitrogens with one attached hydrogen (secondary N) is 2. The molecule has 0 unspecified atom stereocenters. The number of carbonyl (C=O) groups is 2. The van der Waals surface area contributed by atoms with Gasteiger partial charge in [0.15, 0.2) is 0 Å². The van der Waals surface area contributed by atoms with Crippen LogP contribution in [0.15, 0.2) is 48.7 Å². The van der Waals surface area contributed by atoms with Crippen molar-refractivity contribution in [3.05, 3.63) is 65.6 Å². The molecule has 0 spiro atoms. The molecule has 26 heavy (non-hydrogen) atoms. The molecule has 0 radical (unpaired) electrons. The van der Waals surface area contributed by atoms with Crippen LogP contribution in [0.3, 0.4) is 0 Å². The summed E-state index contributed by atoms with van der Waals surface area (Å²) in [7, 11) is 0. The molecule has 1 aliphatic heterocycles. The molecular formula is C20H18FN3O2. The van der Waals surface area contributed by atoms with Gasteiger partial charge in [-0.05, 0) is 30.7 Å². The fourth-order valence-corrected chi connectivity index (χ4v) is 3.14. The number of nitrogens with zero attached hydrogens (tertiary/aromatic N) is 1. The van der Waals surface area contributed by atoms with Crippen molar-refractivity contribution in [2.45, 2.75) is 6.92 Å². The van der Waals surface area contributed by atoms with E-state index < -0.39 is 0 Å². The van der Waals surface area contributed by atoms with E-state index in [0.29, 0.717) is 29.9 Å². The van der Waals surface area contributed by atoms with Gasteiger partial charge in [-0.2, -0.15) is 0 Å². The number of aromatic amines is 1. The molecule has 1 saturated heterocycles. The standard InChI is InChI=1S/C20H18FN3O2/c1-12-6-7-14(8-17(12)21)23-19(25)13-10-24(11-13)20(26)16-9-22-18-5-3-2-4-15(16)18/h2-9,13,22H,10-11H2,1H3,(H,23,25). The predicted molar refractivity (Wildman–Crippen MR) is 97.5 cm³/mol. The van der Waals surface area contributed by atoms with E-state index in [4.69, 9.17) is 0 Å². The van der Waals surface area contributed by atoms with Gasteiger partial charge in [-0.3, -0.25) is 9.59 Å². The lowest BCUT2D eigenvalue weighted by Crippen LogP contribution is -2.54. The monoisotopic (exact) mass is 351 g/mol. The number of fused-ring (bicyclic) bond motifs is 1. The van der Waals surface area contributed by atoms with Crippen molar-refractivity contribution in [3.8, 4) is 0 Å². The summed E-state index contributed by atoms with van der Waals surface area (Å²) in [5, 5.41) is 3.59. The van der Waals surface area contributed by atoms with Gasteiger partial charge in [0.1, 0.15) is 5.82 Å². The maximum atomic E-state index is 13.6. The molecule has 2 N–H and O–H groups in total. The maximum absolute atomic E-state index is 13.6. The zero-order valence-electron chi connectivity index (χ0n) is 14.3. The summed E-state index contributed by atoms with van der Waals surface area (Å²) in [5.74, 6) is -0.926. The molecule has 5 nitrogen and oxygen atoms in total. The molecule has 4 rings (SSSR count). The Morgan fingerprint density at radius 2 is 1.96 bits per heavy atom. The molecule has 2 heterocycles. The SMILES string of the molecule is Cc1ccc(NC(=O)C2CN(C(=O)c3c[nH]c4ccccc34)C2)cc1F. The van der Waals surface area contributed by atoms with Gasteiger partial charge in [-0.25, -0.2) is 4.39 Å². The van der Waals surface area contributed by atoms with E-state index in [1.54, 1.807) is 30.2 Å². The predicted octanol–water partition coefficient (Wildman–Crippen LogP) is 3.33. The number of carbonyl (C=O) groups excluding carboxylic acids is 2. The Balaban J connectivity index is 1.39. The highest BCUT2D eigenvalue weighted by Crippen LogP contribution is 2.25. The van der Waals surface area contributed by atoms with Gasteiger partial charge in [-0.1, -0.05) is 24.3 Å². The zero-order chi connectivity index (χ0) is 18.3. The van der Waals surface area contributed by atoms with E-state index in [-0.39, 0.29) is 23.5 Å². The summed E-state index contributed by atoms with van der Waals surface area (Å²) in [4.78, 5) is 29.7. The fraction of sp³-hybridized carbons (Fsp3) is 0.200. The number of H-pyrrole nitrogens is 1. The first kappa shape index (κ1) is 16.3. The Bertz CT molecular complexity index is 1010. The van der Waals surface area contributed by atoms with Crippen molar-refractivity contribution in [2.24, 2.45) is 5.92 Å². The van der Waals surface area contributed by atoms with Crippen LogP contribution in [0.1, 0.15) is 15.9 Å². The van der Waals surface area contributed by atoms with Crippen LogP contribution in [0, 0.1) is 18.7 Å². The lowest BCUT2D eigenvalue weighted by Gasteiger charge is -2.38. The van der Waals surface area contributed by atoms with Crippen molar-refractivity contribution < 1.29 is 14.0 Å². The van der Waals surface area contributed by atoms with Gasteiger partial charge in [0.05, 0.1) is 11.5 Å². The third kappa shape index (κ3) is 2.83. The summed E-state index contributed by atoms with van der Waals surface area (Å²) in [6.45, 7) is 2.39. The van der Waals surface area contributed by atoms with Crippen molar-refractivity contribution in [2.75, 3.05) is 18.4 Å². The largest absolute Gasteiger partial charge is 0.360 e. The Morgan fingerprint density at radius 3 is 2.73 bits per heavy atom. The molecule has 1 aliphatic rings. The normalized spacial score (nSPS) is 14.3. The number of hydrogen-bond acceptors (Lipinski definition) is 2. The second-order valence-electron chi connectivity index (χ2n) is 6.61. The van der Waals surface area contributed by atoms with Crippen LogP contribution in [0.5, 0.6) is 0 Å². The number of para-hydroxylation sites is 1. The topological polar surface area (TPSA) is 65.2 Å². The first-order chi connectivity index (χ1) is 12.5. The van der Waals surface area contributed by atoms with Crippen molar-refractivity contribution >= 4 is 28.4 Å². The van der Waals surface area contributed by atoms with Gasteiger partial charge < -0.3 is 15.2 Å². The van der Waals surface area contributed by atoms with Crippen LogP contribution in [0.4, 0.5) is 10.1 Å². The average molecular weight is 351 g/mol. The van der Waals surface area contributed by atoms with Crippen LogP contribution in [-0.4, -0.2) is 34.8 Å². The fourth-order valence-electron chi connectivity index (χ4n) is 3.14. The number of aryl methyl sites for hydroxylation is 1. The summed E-state index contributed by atoms with van der Waals surface area (Å²) < 4.78 is 13.6. The number of likely N-dealkylation sites (tertiary alicyclic amines) is 1. The average Bonchev–Trinajstić information content (AvgIpc) is 3.01. The summed E-state index contributed by atoms with van der Waals surface area (Å²) >= 11 is 0. The highest BCUT2D eigenvalue weighted by atomic mass is 19.1. The Morgan fingerprint density at radius 1 is 1.19 bits per heavy atom. The van der Waals surface area contributed by atoms with Crippen LogP contribution < -0.4 is 5.32 Å². The first-order valence-electron chi connectivity index (χ1n) is 8.45. The lowest BCUT2D eigenvalue weighted by atomic mass is 9.97. The smallest absolute Gasteiger partial charge is 0.256 e. The quantitative estimate of drug-likeness (QED) is 0.760. The number of rotatable bonds is 3. The van der Waals surface area contributed by atoms with Crippen molar-refractivity contribution in [1.29, 1.82) is 0 Å². The van der Waals surface area contributed by atoms with E-state index in [9.17, 15) is 14.0 Å². The number of anilines is 1. The van der Waals surface area contributed by atoms with Gasteiger partial charge in [-0.15, -0.1) is 0 Å². The first-order valence-corrected chi connectivity index (χ1v) is 8.45. The molecule has 3 aromatic rings. The molecule has 2 aromatic carbocycles. The molecule has 0 atom stereocenters. The second-order valence-corrected chi connectivity index (χ2v) is 6.61. The van der Waals surface area contributed by atoms with Gasteiger partial charge in [0.25, 0.3) is 5.91 Å². The van der Waals surface area contributed by atoms with E-state index >= 15 is 0 Å². The van der Waals surface area contributed by atoms with Gasteiger partial charge in [0.2, 0.25) is 5.91 Å².